The molecule has 0 bridgehead atoms. The van der Waals surface area contributed by atoms with Crippen molar-refractivity contribution in [2.45, 2.75) is 19.8 Å². The average molecular weight is 201 g/mol. The SMILES string of the molecule is CC(C)c1ccc2ccc(=O)n(C)c2c1. The second kappa shape index (κ2) is 3.54. The molecule has 1 heterocycles. The fraction of sp³-hybridized carbons (Fsp3) is 0.308. The van der Waals surface area contributed by atoms with Crippen molar-refractivity contribution in [3.63, 3.8) is 0 Å². The first-order chi connectivity index (χ1) is 7.09. The quantitative estimate of drug-likeness (QED) is 0.695. The van der Waals surface area contributed by atoms with Crippen LogP contribution in [0.4, 0.5) is 0 Å². The van der Waals surface area contributed by atoms with Crippen LogP contribution in [0.2, 0.25) is 0 Å². The van der Waals surface area contributed by atoms with Crippen LogP contribution in [0.1, 0.15) is 25.3 Å². The maximum Gasteiger partial charge on any atom is 0.250 e. The summed E-state index contributed by atoms with van der Waals surface area (Å²) >= 11 is 0. The predicted octanol–water partition coefficient (Wildman–Crippen LogP) is 2.66. The third-order valence-electron chi connectivity index (χ3n) is 2.82. The zero-order chi connectivity index (χ0) is 11.0. The van der Waals surface area contributed by atoms with E-state index < -0.39 is 0 Å². The first-order valence-corrected chi connectivity index (χ1v) is 5.19. The minimum atomic E-state index is 0.0448. The predicted molar refractivity (Wildman–Crippen MR) is 63.3 cm³/mol. The molecule has 2 rings (SSSR count). The number of benzene rings is 1. The molecule has 0 saturated carbocycles. The molecule has 0 saturated heterocycles. The molecule has 0 amide bonds. The Morgan fingerprint density at radius 3 is 2.47 bits per heavy atom. The maximum atomic E-state index is 11.5. The van der Waals surface area contributed by atoms with Gasteiger partial charge in [0.1, 0.15) is 0 Å². The minimum absolute atomic E-state index is 0.0448. The van der Waals surface area contributed by atoms with Crippen LogP contribution in [0.5, 0.6) is 0 Å². The molecule has 0 fully saturated rings. The van der Waals surface area contributed by atoms with E-state index in [1.165, 1.54) is 5.56 Å². The molecule has 78 valence electrons. The van der Waals surface area contributed by atoms with Gasteiger partial charge in [0.15, 0.2) is 0 Å². The van der Waals surface area contributed by atoms with Crippen LogP contribution in [-0.2, 0) is 7.05 Å². The molecule has 0 aliphatic heterocycles. The molecule has 2 heteroatoms. The van der Waals surface area contributed by atoms with Crippen molar-refractivity contribution >= 4 is 10.9 Å². The van der Waals surface area contributed by atoms with Gasteiger partial charge in [0.05, 0.1) is 5.52 Å². The second-order valence-electron chi connectivity index (χ2n) is 4.20. The lowest BCUT2D eigenvalue weighted by atomic mass is 10.0. The largest absolute Gasteiger partial charge is 0.311 e. The first-order valence-electron chi connectivity index (χ1n) is 5.19. The topological polar surface area (TPSA) is 22.0 Å². The molecule has 0 spiro atoms. The van der Waals surface area contributed by atoms with Crippen LogP contribution in [0.15, 0.2) is 35.1 Å². The van der Waals surface area contributed by atoms with Crippen molar-refractivity contribution < 1.29 is 0 Å². The Kier molecular flexibility index (Phi) is 2.35. The molecule has 0 radical (unpaired) electrons. The number of fused-ring (bicyclic) bond motifs is 1. The highest BCUT2D eigenvalue weighted by Gasteiger charge is 2.03. The molecular formula is C13H15NO. The molecule has 15 heavy (non-hydrogen) atoms. The summed E-state index contributed by atoms with van der Waals surface area (Å²) in [5.74, 6) is 0.490. The van der Waals surface area contributed by atoms with Gasteiger partial charge in [-0.15, -0.1) is 0 Å². The smallest absolute Gasteiger partial charge is 0.250 e. The van der Waals surface area contributed by atoms with E-state index in [9.17, 15) is 4.79 Å². The third kappa shape index (κ3) is 1.67. The van der Waals surface area contributed by atoms with Gasteiger partial charge >= 0.3 is 0 Å². The van der Waals surface area contributed by atoms with Crippen LogP contribution < -0.4 is 5.56 Å². The molecule has 2 aromatic rings. The monoisotopic (exact) mass is 201 g/mol. The van der Waals surface area contributed by atoms with Crippen molar-refractivity contribution in [3.05, 3.63) is 46.2 Å². The summed E-state index contributed by atoms with van der Waals surface area (Å²) in [5, 5.41) is 1.11. The number of hydrogen-bond acceptors (Lipinski definition) is 1. The Hall–Kier alpha value is -1.57. The van der Waals surface area contributed by atoms with Crippen LogP contribution >= 0.6 is 0 Å². The lowest BCUT2D eigenvalue weighted by molar-refractivity contribution is 0.860. The molecule has 0 atom stereocenters. The standard InChI is InChI=1S/C13H15NO/c1-9(2)11-5-4-10-6-7-13(15)14(3)12(10)8-11/h4-9H,1-3H3. The van der Waals surface area contributed by atoms with Crippen molar-refractivity contribution in [1.82, 2.24) is 4.57 Å². The fourth-order valence-corrected chi connectivity index (χ4v) is 1.74. The molecule has 2 nitrogen and oxygen atoms in total. The highest BCUT2D eigenvalue weighted by molar-refractivity contribution is 5.79. The molecular weight excluding hydrogens is 186 g/mol. The normalized spacial score (nSPS) is 11.2. The van der Waals surface area contributed by atoms with Gasteiger partial charge < -0.3 is 4.57 Å². The van der Waals surface area contributed by atoms with E-state index in [-0.39, 0.29) is 5.56 Å². The summed E-state index contributed by atoms with van der Waals surface area (Å²) < 4.78 is 1.70. The number of hydrogen-bond donors (Lipinski definition) is 0. The van der Waals surface area contributed by atoms with E-state index in [4.69, 9.17) is 0 Å². The number of nitrogens with zero attached hydrogens (tertiary/aromatic N) is 1. The van der Waals surface area contributed by atoms with E-state index in [0.717, 1.165) is 10.9 Å². The van der Waals surface area contributed by atoms with E-state index in [0.29, 0.717) is 5.92 Å². The molecule has 0 aliphatic rings. The van der Waals surface area contributed by atoms with Crippen molar-refractivity contribution in [2.75, 3.05) is 0 Å². The van der Waals surface area contributed by atoms with Gasteiger partial charge in [0.25, 0.3) is 5.56 Å². The number of pyridine rings is 1. The second-order valence-corrected chi connectivity index (χ2v) is 4.20. The highest BCUT2D eigenvalue weighted by Crippen LogP contribution is 2.19. The molecule has 1 aromatic heterocycles. The van der Waals surface area contributed by atoms with Gasteiger partial charge in [-0.3, -0.25) is 4.79 Å². The highest BCUT2D eigenvalue weighted by atomic mass is 16.1. The molecule has 1 aromatic carbocycles. The van der Waals surface area contributed by atoms with E-state index in [1.54, 1.807) is 10.6 Å². The summed E-state index contributed by atoms with van der Waals surface area (Å²) in [6.07, 6.45) is 0. The van der Waals surface area contributed by atoms with Crippen LogP contribution in [-0.4, -0.2) is 4.57 Å². The summed E-state index contributed by atoms with van der Waals surface area (Å²) in [6.45, 7) is 4.31. The van der Waals surface area contributed by atoms with Crippen LogP contribution in [0, 0.1) is 0 Å². The summed E-state index contributed by atoms with van der Waals surface area (Å²) in [7, 11) is 1.81. The average Bonchev–Trinajstić information content (AvgIpc) is 2.23. The molecule has 0 aliphatic carbocycles. The number of rotatable bonds is 1. The van der Waals surface area contributed by atoms with Gasteiger partial charge in [-0.05, 0) is 29.0 Å². The van der Waals surface area contributed by atoms with E-state index >= 15 is 0 Å². The van der Waals surface area contributed by atoms with Crippen LogP contribution in [0.3, 0.4) is 0 Å². The fourth-order valence-electron chi connectivity index (χ4n) is 1.74. The Morgan fingerprint density at radius 1 is 1.13 bits per heavy atom. The summed E-state index contributed by atoms with van der Waals surface area (Å²) in [6, 6.07) is 9.78. The van der Waals surface area contributed by atoms with Crippen molar-refractivity contribution in [3.8, 4) is 0 Å². The van der Waals surface area contributed by atoms with Gasteiger partial charge in [0.2, 0.25) is 0 Å². The Balaban J connectivity index is 2.79. The van der Waals surface area contributed by atoms with Crippen LogP contribution in [0.25, 0.3) is 10.9 Å². The maximum absolute atomic E-state index is 11.5. The minimum Gasteiger partial charge on any atom is -0.311 e. The first kappa shape index (κ1) is 9.97. The van der Waals surface area contributed by atoms with Gasteiger partial charge in [0, 0.05) is 13.1 Å². The van der Waals surface area contributed by atoms with Gasteiger partial charge in [-0.25, -0.2) is 0 Å². The Labute approximate surface area is 89.2 Å². The van der Waals surface area contributed by atoms with Gasteiger partial charge in [-0.2, -0.15) is 0 Å². The summed E-state index contributed by atoms with van der Waals surface area (Å²) in [5.41, 5.74) is 2.32. The summed E-state index contributed by atoms with van der Waals surface area (Å²) in [4.78, 5) is 11.5. The van der Waals surface area contributed by atoms with Crippen molar-refractivity contribution in [1.29, 1.82) is 0 Å². The lowest BCUT2D eigenvalue weighted by Gasteiger charge is -2.09. The Morgan fingerprint density at radius 2 is 1.80 bits per heavy atom. The third-order valence-corrected chi connectivity index (χ3v) is 2.82. The van der Waals surface area contributed by atoms with Crippen molar-refractivity contribution in [2.24, 2.45) is 7.05 Å². The molecule has 0 N–H and O–H groups in total. The Bertz CT molecular complexity index is 552. The van der Waals surface area contributed by atoms with E-state index in [1.807, 2.05) is 13.1 Å². The van der Waals surface area contributed by atoms with E-state index in [2.05, 4.69) is 32.0 Å². The number of aromatic nitrogens is 1. The zero-order valence-electron chi connectivity index (χ0n) is 9.32. The lowest BCUT2D eigenvalue weighted by Crippen LogP contribution is -2.15. The van der Waals surface area contributed by atoms with Gasteiger partial charge in [-0.1, -0.05) is 26.0 Å². The number of aryl methyl sites for hydroxylation is 1. The molecule has 0 unspecified atom stereocenters. The zero-order valence-corrected chi connectivity index (χ0v) is 9.32.